The van der Waals surface area contributed by atoms with Crippen molar-refractivity contribution in [2.24, 2.45) is 0 Å². The van der Waals surface area contributed by atoms with E-state index < -0.39 is 4.92 Å². The third-order valence-electron chi connectivity index (χ3n) is 2.75. The van der Waals surface area contributed by atoms with Gasteiger partial charge in [0, 0.05) is 42.0 Å². The number of benzene rings is 1. The Kier molecular flexibility index (Phi) is 4.81. The molecule has 1 aromatic heterocycles. The standard InChI is InChI=1S/C13H14ClN3O2S/c1-15-9-6-10(8-11(7-9)17(18)19)16-5-4-12-2-3-13(14)20-12/h2-3,6-8,15-16H,4-5H2,1H3. The second-order valence-corrected chi connectivity index (χ2v) is 5.96. The first-order chi connectivity index (χ1) is 9.58. The molecule has 5 nitrogen and oxygen atoms in total. The molecule has 0 bridgehead atoms. The molecule has 0 aliphatic heterocycles. The molecule has 2 N–H and O–H groups in total. The van der Waals surface area contributed by atoms with Gasteiger partial charge in [-0.05, 0) is 24.6 Å². The molecular formula is C13H14ClN3O2S. The molecule has 2 rings (SSSR count). The van der Waals surface area contributed by atoms with Crippen molar-refractivity contribution in [1.82, 2.24) is 0 Å². The Labute approximate surface area is 125 Å². The molecule has 0 radical (unpaired) electrons. The third kappa shape index (κ3) is 3.85. The summed E-state index contributed by atoms with van der Waals surface area (Å²) in [4.78, 5) is 11.6. The van der Waals surface area contributed by atoms with E-state index in [0.29, 0.717) is 12.2 Å². The van der Waals surface area contributed by atoms with Gasteiger partial charge in [-0.3, -0.25) is 10.1 Å². The number of nitrogens with zero attached hydrogens (tertiary/aromatic N) is 1. The zero-order valence-corrected chi connectivity index (χ0v) is 12.4. The van der Waals surface area contributed by atoms with Gasteiger partial charge in [0.25, 0.3) is 5.69 Å². The zero-order chi connectivity index (χ0) is 14.5. The lowest BCUT2D eigenvalue weighted by molar-refractivity contribution is -0.384. The van der Waals surface area contributed by atoms with Crippen molar-refractivity contribution in [2.75, 3.05) is 24.2 Å². The Morgan fingerprint density at radius 2 is 2.05 bits per heavy atom. The second-order valence-electron chi connectivity index (χ2n) is 4.16. The largest absolute Gasteiger partial charge is 0.388 e. The van der Waals surface area contributed by atoms with Gasteiger partial charge in [0.05, 0.1) is 9.26 Å². The summed E-state index contributed by atoms with van der Waals surface area (Å²) in [6.45, 7) is 0.696. The zero-order valence-electron chi connectivity index (χ0n) is 10.9. The van der Waals surface area contributed by atoms with Crippen LogP contribution >= 0.6 is 22.9 Å². The summed E-state index contributed by atoms with van der Waals surface area (Å²) in [5.74, 6) is 0. The Bertz CT molecular complexity index is 615. The Morgan fingerprint density at radius 3 is 2.65 bits per heavy atom. The fourth-order valence-electron chi connectivity index (χ4n) is 1.78. The van der Waals surface area contributed by atoms with Crippen LogP contribution in [0.3, 0.4) is 0 Å². The molecule has 1 heterocycles. The summed E-state index contributed by atoms with van der Waals surface area (Å²) in [7, 11) is 1.73. The van der Waals surface area contributed by atoms with Crippen molar-refractivity contribution in [3.8, 4) is 0 Å². The number of thiophene rings is 1. The Balaban J connectivity index is 2.01. The molecule has 0 unspecified atom stereocenters. The Hall–Kier alpha value is -1.79. The number of rotatable bonds is 6. The molecule has 0 saturated heterocycles. The molecule has 0 atom stereocenters. The molecule has 2 aromatic rings. The molecule has 0 aliphatic carbocycles. The maximum absolute atomic E-state index is 10.9. The average Bonchev–Trinajstić information content (AvgIpc) is 2.84. The predicted octanol–water partition coefficient (Wildman–Crippen LogP) is 4.01. The van der Waals surface area contributed by atoms with Crippen molar-refractivity contribution >= 4 is 40.0 Å². The normalized spacial score (nSPS) is 10.3. The predicted molar refractivity (Wildman–Crippen MR) is 84.2 cm³/mol. The second kappa shape index (κ2) is 6.58. The van der Waals surface area contributed by atoms with Crippen molar-refractivity contribution in [3.63, 3.8) is 0 Å². The van der Waals surface area contributed by atoms with Gasteiger partial charge in [-0.15, -0.1) is 11.3 Å². The van der Waals surface area contributed by atoms with E-state index in [4.69, 9.17) is 11.6 Å². The van der Waals surface area contributed by atoms with Crippen LogP contribution in [0.1, 0.15) is 4.88 Å². The number of nitrogens with one attached hydrogen (secondary N) is 2. The van der Waals surface area contributed by atoms with Gasteiger partial charge < -0.3 is 10.6 Å². The van der Waals surface area contributed by atoms with E-state index in [1.54, 1.807) is 18.4 Å². The van der Waals surface area contributed by atoms with E-state index in [2.05, 4.69) is 10.6 Å². The lowest BCUT2D eigenvalue weighted by atomic mass is 10.2. The minimum absolute atomic E-state index is 0.0681. The number of hydrogen-bond acceptors (Lipinski definition) is 5. The number of halogens is 1. The molecule has 0 spiro atoms. The first-order valence-electron chi connectivity index (χ1n) is 6.04. The highest BCUT2D eigenvalue weighted by Crippen LogP contribution is 2.25. The number of nitro groups is 1. The van der Waals surface area contributed by atoms with Crippen molar-refractivity contribution in [2.45, 2.75) is 6.42 Å². The first kappa shape index (κ1) is 14.6. The van der Waals surface area contributed by atoms with Crippen LogP contribution in [-0.2, 0) is 6.42 Å². The number of non-ortho nitro benzene ring substituents is 1. The monoisotopic (exact) mass is 311 g/mol. The molecule has 20 heavy (non-hydrogen) atoms. The molecule has 106 valence electrons. The molecule has 0 fully saturated rings. The van der Waals surface area contributed by atoms with Gasteiger partial charge in [-0.25, -0.2) is 0 Å². The van der Waals surface area contributed by atoms with E-state index in [1.165, 1.54) is 17.0 Å². The molecule has 0 saturated carbocycles. The number of nitro benzene ring substituents is 1. The fourth-order valence-corrected chi connectivity index (χ4v) is 2.87. The van der Waals surface area contributed by atoms with Crippen LogP contribution in [-0.4, -0.2) is 18.5 Å². The third-order valence-corrected chi connectivity index (χ3v) is 4.04. The highest BCUT2D eigenvalue weighted by atomic mass is 35.5. The lowest BCUT2D eigenvalue weighted by Crippen LogP contribution is -2.05. The summed E-state index contributed by atoms with van der Waals surface area (Å²) >= 11 is 7.41. The van der Waals surface area contributed by atoms with Crippen LogP contribution in [0.2, 0.25) is 4.34 Å². The fraction of sp³-hybridized carbons (Fsp3) is 0.231. The van der Waals surface area contributed by atoms with Crippen molar-refractivity contribution in [3.05, 3.63) is 49.7 Å². The molecule has 7 heteroatoms. The summed E-state index contributed by atoms with van der Waals surface area (Å²) in [5, 5.41) is 17.0. The lowest BCUT2D eigenvalue weighted by Gasteiger charge is -2.08. The van der Waals surface area contributed by atoms with Gasteiger partial charge >= 0.3 is 0 Å². The van der Waals surface area contributed by atoms with E-state index in [-0.39, 0.29) is 5.69 Å². The van der Waals surface area contributed by atoms with Crippen molar-refractivity contribution in [1.29, 1.82) is 0 Å². The van der Waals surface area contributed by atoms with Crippen LogP contribution in [0, 0.1) is 10.1 Å². The van der Waals surface area contributed by atoms with Gasteiger partial charge in [0.15, 0.2) is 0 Å². The SMILES string of the molecule is CNc1cc(NCCc2ccc(Cl)s2)cc([N+](=O)[O-])c1. The van der Waals surface area contributed by atoms with Gasteiger partial charge in [-0.1, -0.05) is 11.6 Å². The summed E-state index contributed by atoms with van der Waals surface area (Å²) in [6.07, 6.45) is 0.828. The minimum atomic E-state index is -0.398. The van der Waals surface area contributed by atoms with Crippen LogP contribution in [0.25, 0.3) is 0 Å². The molecule has 0 aliphatic rings. The Morgan fingerprint density at radius 1 is 1.30 bits per heavy atom. The van der Waals surface area contributed by atoms with Gasteiger partial charge in [0.2, 0.25) is 0 Å². The maximum Gasteiger partial charge on any atom is 0.273 e. The number of hydrogen-bond donors (Lipinski definition) is 2. The van der Waals surface area contributed by atoms with Crippen molar-refractivity contribution < 1.29 is 4.92 Å². The van der Waals surface area contributed by atoms with Crippen LogP contribution in [0.5, 0.6) is 0 Å². The van der Waals surface area contributed by atoms with E-state index >= 15 is 0 Å². The molecular weight excluding hydrogens is 298 g/mol. The van der Waals surface area contributed by atoms with E-state index in [0.717, 1.165) is 16.4 Å². The summed E-state index contributed by atoms with van der Waals surface area (Å²) in [6, 6.07) is 8.73. The van der Waals surface area contributed by atoms with Gasteiger partial charge in [0.1, 0.15) is 0 Å². The first-order valence-corrected chi connectivity index (χ1v) is 7.23. The van der Waals surface area contributed by atoms with Crippen LogP contribution in [0.15, 0.2) is 30.3 Å². The summed E-state index contributed by atoms with van der Waals surface area (Å²) < 4.78 is 0.771. The van der Waals surface area contributed by atoms with Crippen LogP contribution < -0.4 is 10.6 Å². The highest BCUT2D eigenvalue weighted by molar-refractivity contribution is 7.16. The van der Waals surface area contributed by atoms with E-state index in [1.807, 2.05) is 18.2 Å². The van der Waals surface area contributed by atoms with Crippen LogP contribution in [0.4, 0.5) is 17.1 Å². The minimum Gasteiger partial charge on any atom is -0.388 e. The molecule has 0 amide bonds. The maximum atomic E-state index is 10.9. The summed E-state index contributed by atoms with van der Waals surface area (Å²) in [5.41, 5.74) is 1.51. The van der Waals surface area contributed by atoms with Gasteiger partial charge in [-0.2, -0.15) is 0 Å². The highest BCUT2D eigenvalue weighted by Gasteiger charge is 2.09. The quantitative estimate of drug-likeness (QED) is 0.625. The average molecular weight is 312 g/mol. The smallest absolute Gasteiger partial charge is 0.273 e. The molecule has 1 aromatic carbocycles. The topological polar surface area (TPSA) is 67.2 Å². The number of anilines is 2. The van der Waals surface area contributed by atoms with E-state index in [9.17, 15) is 10.1 Å².